The van der Waals surface area contributed by atoms with Crippen LogP contribution in [0.15, 0.2) is 30.3 Å². The molecule has 0 unspecified atom stereocenters. The van der Waals surface area contributed by atoms with Crippen molar-refractivity contribution in [3.63, 3.8) is 0 Å². The van der Waals surface area contributed by atoms with E-state index < -0.39 is 5.60 Å². The average molecular weight is 442 g/mol. The number of aromatic nitrogens is 2. The lowest BCUT2D eigenvalue weighted by molar-refractivity contribution is 0.0826. The van der Waals surface area contributed by atoms with Crippen molar-refractivity contribution in [2.45, 2.75) is 26.4 Å². The molecule has 31 heavy (non-hydrogen) atoms. The summed E-state index contributed by atoms with van der Waals surface area (Å²) in [4.78, 5) is 24.5. The number of carbonyl (C=O) groups excluding carboxylic acids is 1. The molecule has 3 aromatic rings. The number of thiophene rings is 1. The summed E-state index contributed by atoms with van der Waals surface area (Å²) in [5.74, 6) is 1.48. The first-order valence-electron chi connectivity index (χ1n) is 10.4. The van der Waals surface area contributed by atoms with E-state index >= 15 is 0 Å². The van der Waals surface area contributed by atoms with E-state index in [9.17, 15) is 9.90 Å². The summed E-state index contributed by atoms with van der Waals surface area (Å²) in [6.45, 7) is 8.83. The van der Waals surface area contributed by atoms with Gasteiger partial charge in [0.25, 0.3) is 0 Å². The normalized spacial score (nSPS) is 14.6. The lowest BCUT2D eigenvalue weighted by Gasteiger charge is -2.28. The number of anilines is 2. The second kappa shape index (κ2) is 8.78. The molecule has 0 bridgehead atoms. The third-order valence-electron chi connectivity index (χ3n) is 5.01. The fourth-order valence-electron chi connectivity index (χ4n) is 3.37. The lowest BCUT2D eigenvalue weighted by Crippen LogP contribution is -2.36. The number of nitrogens with zero attached hydrogens (tertiary/aromatic N) is 3. The van der Waals surface area contributed by atoms with Crippen LogP contribution in [-0.4, -0.2) is 54.0 Å². The van der Waals surface area contributed by atoms with Crippen molar-refractivity contribution in [2.24, 2.45) is 0 Å². The van der Waals surface area contributed by atoms with Gasteiger partial charge in [0.2, 0.25) is 0 Å². The molecule has 0 aliphatic carbocycles. The first kappa shape index (κ1) is 21.5. The summed E-state index contributed by atoms with van der Waals surface area (Å²) in [5.41, 5.74) is 1.43. The molecule has 0 saturated carbocycles. The minimum absolute atomic E-state index is 0.236. The van der Waals surface area contributed by atoms with Crippen LogP contribution in [0.2, 0.25) is 0 Å². The summed E-state index contributed by atoms with van der Waals surface area (Å²) in [7, 11) is 0. The third kappa shape index (κ3) is 4.79. The molecule has 0 atom stereocenters. The van der Waals surface area contributed by atoms with Crippen LogP contribution in [0.4, 0.5) is 16.3 Å². The van der Waals surface area contributed by atoms with Crippen molar-refractivity contribution in [3.8, 4) is 11.4 Å². The molecule has 1 aliphatic rings. The Kier molecular flexibility index (Phi) is 6.08. The molecule has 8 nitrogen and oxygen atoms in total. The molecule has 9 heteroatoms. The van der Waals surface area contributed by atoms with Gasteiger partial charge < -0.3 is 25.4 Å². The van der Waals surface area contributed by atoms with E-state index in [2.05, 4.69) is 15.5 Å². The van der Waals surface area contributed by atoms with Crippen LogP contribution in [0.3, 0.4) is 0 Å². The molecule has 1 fully saturated rings. The van der Waals surface area contributed by atoms with Crippen molar-refractivity contribution in [1.82, 2.24) is 15.3 Å². The van der Waals surface area contributed by atoms with Crippen LogP contribution >= 0.6 is 11.3 Å². The van der Waals surface area contributed by atoms with Crippen LogP contribution in [0.5, 0.6) is 0 Å². The number of ether oxygens (including phenoxy) is 1. The van der Waals surface area contributed by atoms with Gasteiger partial charge in [-0.25, -0.2) is 14.8 Å². The van der Waals surface area contributed by atoms with E-state index in [1.807, 2.05) is 37.3 Å². The largest absolute Gasteiger partial charge is 0.385 e. The minimum atomic E-state index is -0.944. The molecule has 1 aromatic carbocycles. The number of aliphatic hydroxyl groups is 1. The number of carbonyl (C=O) groups is 1. The van der Waals surface area contributed by atoms with E-state index in [4.69, 9.17) is 14.7 Å². The van der Waals surface area contributed by atoms with E-state index in [0.717, 1.165) is 39.6 Å². The first-order valence-corrected chi connectivity index (χ1v) is 11.2. The van der Waals surface area contributed by atoms with Crippen LogP contribution < -0.4 is 15.5 Å². The second-order valence-electron chi connectivity index (χ2n) is 7.92. The van der Waals surface area contributed by atoms with Crippen molar-refractivity contribution in [1.29, 1.82) is 0 Å². The molecule has 0 spiro atoms. The Balaban J connectivity index is 1.73. The Labute approximate surface area is 185 Å². The summed E-state index contributed by atoms with van der Waals surface area (Å²) in [6.07, 6.45) is 0. The van der Waals surface area contributed by atoms with Gasteiger partial charge in [-0.1, -0.05) is 0 Å². The molecular formula is C22H27N5O3S. The van der Waals surface area contributed by atoms with Crippen molar-refractivity contribution in [3.05, 3.63) is 35.2 Å². The van der Waals surface area contributed by atoms with Gasteiger partial charge in [0, 0.05) is 35.8 Å². The summed E-state index contributed by atoms with van der Waals surface area (Å²) >= 11 is 1.53. The molecule has 2 aromatic heterocycles. The Bertz CT molecular complexity index is 1070. The van der Waals surface area contributed by atoms with Gasteiger partial charge in [-0.15, -0.1) is 11.3 Å². The maximum atomic E-state index is 11.7. The number of fused-ring (bicyclic) bond motifs is 1. The molecule has 0 radical (unpaired) electrons. The zero-order chi connectivity index (χ0) is 22.0. The maximum absolute atomic E-state index is 11.7. The highest BCUT2D eigenvalue weighted by molar-refractivity contribution is 7.19. The first-order chi connectivity index (χ1) is 14.8. The molecule has 2 amide bonds. The van der Waals surface area contributed by atoms with E-state index in [1.165, 1.54) is 11.3 Å². The van der Waals surface area contributed by atoms with Gasteiger partial charge in [-0.05, 0) is 51.1 Å². The highest BCUT2D eigenvalue weighted by Gasteiger charge is 2.24. The smallest absolute Gasteiger partial charge is 0.319 e. The van der Waals surface area contributed by atoms with Crippen molar-refractivity contribution < 1.29 is 14.6 Å². The Hall–Kier alpha value is -2.75. The van der Waals surface area contributed by atoms with Crippen LogP contribution in [0.25, 0.3) is 21.6 Å². The second-order valence-corrected chi connectivity index (χ2v) is 8.97. The van der Waals surface area contributed by atoms with E-state index in [-0.39, 0.29) is 6.03 Å². The van der Waals surface area contributed by atoms with Crippen molar-refractivity contribution in [2.75, 3.05) is 43.1 Å². The summed E-state index contributed by atoms with van der Waals surface area (Å²) in [5, 5.41) is 16.0. The fourth-order valence-corrected chi connectivity index (χ4v) is 4.49. The number of hydrogen-bond donors (Lipinski definition) is 3. The standard InChI is InChI=1S/C22H27N5O3S/c1-4-23-21(28)24-15-7-5-14(6-8-15)19-25-16-13-17(22(2,3)29)31-18(16)20(26-19)27-9-11-30-12-10-27/h5-8,13,29H,4,9-12H2,1-3H3,(H2,23,24,28). The van der Waals surface area contributed by atoms with Gasteiger partial charge in [0.05, 0.1) is 29.0 Å². The van der Waals surface area contributed by atoms with Crippen molar-refractivity contribution >= 4 is 39.1 Å². The predicted molar refractivity (Wildman–Crippen MR) is 124 cm³/mol. The highest BCUT2D eigenvalue weighted by atomic mass is 32.1. The molecular weight excluding hydrogens is 414 g/mol. The zero-order valence-corrected chi connectivity index (χ0v) is 18.8. The molecule has 164 valence electrons. The number of urea groups is 1. The van der Waals surface area contributed by atoms with Gasteiger partial charge in [0.15, 0.2) is 11.6 Å². The van der Waals surface area contributed by atoms with Gasteiger partial charge in [0.1, 0.15) is 0 Å². The van der Waals surface area contributed by atoms with Gasteiger partial charge in [-0.2, -0.15) is 0 Å². The van der Waals surface area contributed by atoms with E-state index in [0.29, 0.717) is 31.3 Å². The summed E-state index contributed by atoms with van der Waals surface area (Å²) in [6, 6.07) is 9.18. The quantitative estimate of drug-likeness (QED) is 0.560. The third-order valence-corrected chi connectivity index (χ3v) is 6.44. The lowest BCUT2D eigenvalue weighted by atomic mass is 10.1. The SMILES string of the molecule is CCNC(=O)Nc1ccc(-c2nc(N3CCOCC3)c3sc(C(C)(C)O)cc3n2)cc1. The molecule has 4 rings (SSSR count). The van der Waals surface area contributed by atoms with Crippen LogP contribution in [0, 0.1) is 0 Å². The molecule has 1 aliphatic heterocycles. The predicted octanol–water partition coefficient (Wildman–Crippen LogP) is 3.56. The number of rotatable bonds is 5. The number of benzene rings is 1. The van der Waals surface area contributed by atoms with Crippen LogP contribution in [0.1, 0.15) is 25.6 Å². The van der Waals surface area contributed by atoms with E-state index in [1.54, 1.807) is 13.8 Å². The van der Waals surface area contributed by atoms with Crippen LogP contribution in [-0.2, 0) is 10.3 Å². The zero-order valence-electron chi connectivity index (χ0n) is 17.9. The molecule has 1 saturated heterocycles. The highest BCUT2D eigenvalue weighted by Crippen LogP contribution is 2.38. The fraction of sp³-hybridized carbons (Fsp3) is 0.409. The maximum Gasteiger partial charge on any atom is 0.319 e. The number of amides is 2. The average Bonchev–Trinajstić information content (AvgIpc) is 3.19. The number of hydrogen-bond acceptors (Lipinski definition) is 7. The Morgan fingerprint density at radius 3 is 2.58 bits per heavy atom. The summed E-state index contributed by atoms with van der Waals surface area (Å²) < 4.78 is 6.48. The molecule has 3 heterocycles. The van der Waals surface area contributed by atoms with Gasteiger partial charge in [-0.3, -0.25) is 0 Å². The Morgan fingerprint density at radius 2 is 1.94 bits per heavy atom. The van der Waals surface area contributed by atoms with Gasteiger partial charge >= 0.3 is 6.03 Å². The minimum Gasteiger partial charge on any atom is -0.385 e. The Morgan fingerprint density at radius 1 is 1.23 bits per heavy atom. The number of morpholine rings is 1. The monoisotopic (exact) mass is 441 g/mol. The molecule has 3 N–H and O–H groups in total. The number of nitrogens with one attached hydrogen (secondary N) is 2. The topological polar surface area (TPSA) is 99.6 Å².